The fraction of sp³-hybridized carbons (Fsp3) is 0.444. The number of para-hydroxylation sites is 1. The molecule has 1 fully saturated rings. The van der Waals surface area contributed by atoms with Crippen LogP contribution >= 0.6 is 0 Å². The summed E-state index contributed by atoms with van der Waals surface area (Å²) in [6.45, 7) is 3.26. The largest absolute Gasteiger partial charge is 0.342 e. The molecule has 2 heterocycles. The van der Waals surface area contributed by atoms with Crippen LogP contribution in [0.2, 0.25) is 0 Å². The lowest BCUT2D eigenvalue weighted by Crippen LogP contribution is -2.36. The standard InChI is InChI=1S/C18H22N2O2/c1-13(21)18-15(12-17(22)20-10-6-3-7-11-20)14-8-4-5-9-16(14)19(18)2/h4-5,8-9H,3,6-7,10-12H2,1-2H3. The Balaban J connectivity index is 2.00. The van der Waals surface area contributed by atoms with E-state index in [-0.39, 0.29) is 11.7 Å². The molecule has 0 unspecified atom stereocenters. The number of Topliss-reactive ketones (excluding diaryl/α,β-unsaturated/α-hetero) is 1. The summed E-state index contributed by atoms with van der Waals surface area (Å²) in [5, 5.41) is 1.01. The lowest BCUT2D eigenvalue weighted by atomic mass is 10.0. The highest BCUT2D eigenvalue weighted by molar-refractivity contribution is 6.03. The maximum atomic E-state index is 12.6. The van der Waals surface area contributed by atoms with E-state index in [1.54, 1.807) is 6.92 Å². The lowest BCUT2D eigenvalue weighted by Gasteiger charge is -2.26. The third-order valence-corrected chi connectivity index (χ3v) is 4.58. The van der Waals surface area contributed by atoms with Gasteiger partial charge in [-0.1, -0.05) is 18.2 Å². The van der Waals surface area contributed by atoms with Crippen molar-refractivity contribution in [2.45, 2.75) is 32.6 Å². The molecular formula is C18H22N2O2. The molecule has 1 amide bonds. The van der Waals surface area contributed by atoms with Crippen molar-refractivity contribution in [1.82, 2.24) is 9.47 Å². The molecule has 1 aromatic heterocycles. The molecule has 22 heavy (non-hydrogen) atoms. The van der Waals surface area contributed by atoms with Crippen LogP contribution in [-0.4, -0.2) is 34.2 Å². The summed E-state index contributed by atoms with van der Waals surface area (Å²) < 4.78 is 1.91. The van der Waals surface area contributed by atoms with Gasteiger partial charge < -0.3 is 9.47 Å². The molecule has 2 aromatic rings. The summed E-state index contributed by atoms with van der Waals surface area (Å²) in [4.78, 5) is 26.6. The zero-order valence-corrected chi connectivity index (χ0v) is 13.3. The highest BCUT2D eigenvalue weighted by Gasteiger charge is 2.23. The van der Waals surface area contributed by atoms with Gasteiger partial charge in [0.2, 0.25) is 5.91 Å². The van der Waals surface area contributed by atoms with Crippen molar-refractivity contribution in [2.24, 2.45) is 7.05 Å². The number of aryl methyl sites for hydroxylation is 1. The van der Waals surface area contributed by atoms with Gasteiger partial charge in [0.25, 0.3) is 0 Å². The van der Waals surface area contributed by atoms with E-state index in [9.17, 15) is 9.59 Å². The minimum Gasteiger partial charge on any atom is -0.342 e. The van der Waals surface area contributed by atoms with E-state index < -0.39 is 0 Å². The molecule has 0 atom stereocenters. The summed E-state index contributed by atoms with van der Waals surface area (Å²) in [7, 11) is 1.90. The number of piperidine rings is 1. The molecule has 1 aromatic carbocycles. The number of rotatable bonds is 3. The molecule has 0 spiro atoms. The summed E-state index contributed by atoms with van der Waals surface area (Å²) in [6.07, 6.45) is 3.69. The molecule has 3 rings (SSSR count). The second-order valence-corrected chi connectivity index (χ2v) is 6.08. The minimum absolute atomic E-state index is 0.0140. The SMILES string of the molecule is CC(=O)c1c(CC(=O)N2CCCCC2)c2ccccc2n1C. The summed E-state index contributed by atoms with van der Waals surface area (Å²) in [5.41, 5.74) is 2.54. The van der Waals surface area contributed by atoms with Crippen molar-refractivity contribution in [1.29, 1.82) is 0 Å². The number of ketones is 1. The zero-order valence-electron chi connectivity index (χ0n) is 13.3. The highest BCUT2D eigenvalue weighted by Crippen LogP contribution is 2.27. The van der Waals surface area contributed by atoms with Crippen molar-refractivity contribution >= 4 is 22.6 Å². The molecule has 0 aliphatic carbocycles. The van der Waals surface area contributed by atoms with E-state index in [4.69, 9.17) is 0 Å². The van der Waals surface area contributed by atoms with E-state index in [0.29, 0.717) is 12.1 Å². The molecule has 0 bridgehead atoms. The van der Waals surface area contributed by atoms with Crippen LogP contribution in [0.15, 0.2) is 24.3 Å². The molecule has 1 saturated heterocycles. The van der Waals surface area contributed by atoms with Crippen LogP contribution in [0, 0.1) is 0 Å². The number of nitrogens with zero attached hydrogens (tertiary/aromatic N) is 2. The van der Waals surface area contributed by atoms with Gasteiger partial charge in [0.15, 0.2) is 5.78 Å². The Morgan fingerprint density at radius 2 is 1.77 bits per heavy atom. The Morgan fingerprint density at radius 3 is 2.45 bits per heavy atom. The van der Waals surface area contributed by atoms with E-state index in [2.05, 4.69) is 0 Å². The number of likely N-dealkylation sites (tertiary alicyclic amines) is 1. The van der Waals surface area contributed by atoms with E-state index in [1.165, 1.54) is 6.42 Å². The summed E-state index contributed by atoms with van der Waals surface area (Å²) in [5.74, 6) is 0.152. The maximum Gasteiger partial charge on any atom is 0.227 e. The topological polar surface area (TPSA) is 42.3 Å². The van der Waals surface area contributed by atoms with Gasteiger partial charge in [0.1, 0.15) is 0 Å². The Bertz CT molecular complexity index is 724. The molecular weight excluding hydrogens is 276 g/mol. The van der Waals surface area contributed by atoms with Crippen molar-refractivity contribution in [2.75, 3.05) is 13.1 Å². The van der Waals surface area contributed by atoms with E-state index in [0.717, 1.165) is 42.4 Å². The van der Waals surface area contributed by atoms with E-state index >= 15 is 0 Å². The van der Waals surface area contributed by atoms with Crippen molar-refractivity contribution < 1.29 is 9.59 Å². The third-order valence-electron chi connectivity index (χ3n) is 4.58. The first-order chi connectivity index (χ1) is 10.6. The van der Waals surface area contributed by atoms with Gasteiger partial charge in [0.05, 0.1) is 12.1 Å². The Hall–Kier alpha value is -2.10. The highest BCUT2D eigenvalue weighted by atomic mass is 16.2. The second kappa shape index (κ2) is 5.95. The van der Waals surface area contributed by atoms with Crippen LogP contribution in [0.3, 0.4) is 0 Å². The average molecular weight is 298 g/mol. The number of carbonyl (C=O) groups excluding carboxylic acids is 2. The normalized spacial score (nSPS) is 15.3. The molecule has 0 saturated carbocycles. The second-order valence-electron chi connectivity index (χ2n) is 6.08. The molecule has 0 N–H and O–H groups in total. The Labute approximate surface area is 130 Å². The first-order valence-corrected chi connectivity index (χ1v) is 7.94. The van der Waals surface area contributed by atoms with Crippen LogP contribution in [0.4, 0.5) is 0 Å². The maximum absolute atomic E-state index is 12.6. The molecule has 116 valence electrons. The first kappa shape index (κ1) is 14.8. The molecule has 4 nitrogen and oxygen atoms in total. The minimum atomic E-state index is 0.0140. The third kappa shape index (κ3) is 2.54. The lowest BCUT2D eigenvalue weighted by molar-refractivity contribution is -0.131. The monoisotopic (exact) mass is 298 g/mol. The molecule has 0 radical (unpaired) electrons. The average Bonchev–Trinajstić information content (AvgIpc) is 2.81. The van der Waals surface area contributed by atoms with Crippen molar-refractivity contribution in [3.63, 3.8) is 0 Å². The Morgan fingerprint density at radius 1 is 1.09 bits per heavy atom. The quantitative estimate of drug-likeness (QED) is 0.818. The smallest absolute Gasteiger partial charge is 0.227 e. The van der Waals surface area contributed by atoms with Gasteiger partial charge >= 0.3 is 0 Å². The number of carbonyl (C=O) groups is 2. The number of fused-ring (bicyclic) bond motifs is 1. The number of aromatic nitrogens is 1. The van der Waals surface area contributed by atoms with Crippen molar-refractivity contribution in [3.8, 4) is 0 Å². The Kier molecular flexibility index (Phi) is 4.01. The predicted molar refractivity (Wildman–Crippen MR) is 87.1 cm³/mol. The number of benzene rings is 1. The number of hydrogen-bond donors (Lipinski definition) is 0. The molecule has 1 aliphatic rings. The van der Waals surface area contributed by atoms with Crippen LogP contribution in [0.5, 0.6) is 0 Å². The van der Waals surface area contributed by atoms with Crippen molar-refractivity contribution in [3.05, 3.63) is 35.5 Å². The van der Waals surface area contributed by atoms with Crippen LogP contribution < -0.4 is 0 Å². The summed E-state index contributed by atoms with van der Waals surface area (Å²) in [6, 6.07) is 7.92. The van der Waals surface area contributed by atoms with Gasteiger partial charge in [-0.05, 0) is 30.9 Å². The first-order valence-electron chi connectivity index (χ1n) is 7.94. The van der Waals surface area contributed by atoms with Gasteiger partial charge in [0, 0.05) is 38.0 Å². The molecule has 4 heteroatoms. The van der Waals surface area contributed by atoms with Crippen LogP contribution in [0.25, 0.3) is 10.9 Å². The fourth-order valence-corrected chi connectivity index (χ4v) is 3.51. The van der Waals surface area contributed by atoms with Gasteiger partial charge in [-0.15, -0.1) is 0 Å². The molecule has 1 aliphatic heterocycles. The van der Waals surface area contributed by atoms with Gasteiger partial charge in [-0.25, -0.2) is 0 Å². The predicted octanol–water partition coefficient (Wildman–Crippen LogP) is 2.94. The fourth-order valence-electron chi connectivity index (χ4n) is 3.51. The van der Waals surface area contributed by atoms with Crippen LogP contribution in [-0.2, 0) is 18.3 Å². The van der Waals surface area contributed by atoms with E-state index in [1.807, 2.05) is 40.8 Å². The zero-order chi connectivity index (χ0) is 15.7. The van der Waals surface area contributed by atoms with Gasteiger partial charge in [-0.2, -0.15) is 0 Å². The summed E-state index contributed by atoms with van der Waals surface area (Å²) >= 11 is 0. The van der Waals surface area contributed by atoms with Gasteiger partial charge in [-0.3, -0.25) is 9.59 Å². The number of hydrogen-bond acceptors (Lipinski definition) is 2. The van der Waals surface area contributed by atoms with Crippen LogP contribution in [0.1, 0.15) is 42.2 Å². The number of amides is 1.